The van der Waals surface area contributed by atoms with Crippen LogP contribution in [0.2, 0.25) is 0 Å². The molecule has 2 aromatic heterocycles. The SMILES string of the molecule is Cc1cc(C)n([C@H]2CCN(C(=O)c3cn[nH]c3)C2)n1. The Morgan fingerprint density at radius 2 is 2.32 bits per heavy atom. The van der Waals surface area contributed by atoms with Crippen LogP contribution < -0.4 is 0 Å². The number of H-pyrrole nitrogens is 1. The number of carbonyl (C=O) groups is 1. The fourth-order valence-corrected chi connectivity index (χ4v) is 2.69. The van der Waals surface area contributed by atoms with Gasteiger partial charge in [0.25, 0.3) is 5.91 Å². The van der Waals surface area contributed by atoms with Crippen LogP contribution in [0.15, 0.2) is 18.5 Å². The molecule has 3 rings (SSSR count). The molecular weight excluding hydrogens is 242 g/mol. The van der Waals surface area contributed by atoms with Crippen LogP contribution in [0.1, 0.15) is 34.2 Å². The number of aromatic nitrogens is 4. The number of amides is 1. The van der Waals surface area contributed by atoms with Crippen molar-refractivity contribution < 1.29 is 4.79 Å². The Bertz CT molecular complexity index is 586. The zero-order valence-corrected chi connectivity index (χ0v) is 11.1. The number of nitrogens with one attached hydrogen (secondary N) is 1. The minimum atomic E-state index is 0.0396. The fraction of sp³-hybridized carbons (Fsp3) is 0.462. The summed E-state index contributed by atoms with van der Waals surface area (Å²) in [5, 5.41) is 11.0. The van der Waals surface area contributed by atoms with E-state index in [1.54, 1.807) is 12.4 Å². The monoisotopic (exact) mass is 259 g/mol. The van der Waals surface area contributed by atoms with Crippen LogP contribution in [-0.2, 0) is 0 Å². The summed E-state index contributed by atoms with van der Waals surface area (Å²) in [6.45, 7) is 5.53. The van der Waals surface area contributed by atoms with E-state index >= 15 is 0 Å². The van der Waals surface area contributed by atoms with Gasteiger partial charge in [-0.05, 0) is 26.3 Å². The molecule has 1 aliphatic heterocycles. The van der Waals surface area contributed by atoms with Crippen molar-refractivity contribution >= 4 is 5.91 Å². The van der Waals surface area contributed by atoms with Crippen LogP contribution in [0, 0.1) is 13.8 Å². The first-order valence-electron chi connectivity index (χ1n) is 6.46. The summed E-state index contributed by atoms with van der Waals surface area (Å²) in [5.41, 5.74) is 2.80. The summed E-state index contributed by atoms with van der Waals surface area (Å²) in [6, 6.07) is 2.35. The maximum atomic E-state index is 12.2. The van der Waals surface area contributed by atoms with E-state index in [0.29, 0.717) is 12.1 Å². The summed E-state index contributed by atoms with van der Waals surface area (Å²) in [7, 11) is 0. The van der Waals surface area contributed by atoms with Crippen LogP contribution in [0.5, 0.6) is 0 Å². The Labute approximate surface area is 111 Å². The number of hydrogen-bond donors (Lipinski definition) is 1. The molecule has 0 saturated carbocycles. The van der Waals surface area contributed by atoms with Crippen LogP contribution >= 0.6 is 0 Å². The van der Waals surface area contributed by atoms with Gasteiger partial charge in [0, 0.05) is 25.0 Å². The standard InChI is InChI=1S/C13H17N5O/c1-9-5-10(2)18(16-9)12-3-4-17(8-12)13(19)11-6-14-15-7-11/h5-7,12H,3-4,8H2,1-2H3,(H,14,15)/t12-/m0/s1. The van der Waals surface area contributed by atoms with Gasteiger partial charge in [0.1, 0.15) is 0 Å². The molecule has 1 saturated heterocycles. The molecule has 0 aromatic carbocycles. The van der Waals surface area contributed by atoms with Gasteiger partial charge in [0.2, 0.25) is 0 Å². The van der Waals surface area contributed by atoms with Crippen molar-refractivity contribution in [3.8, 4) is 0 Å². The Hall–Kier alpha value is -2.11. The van der Waals surface area contributed by atoms with Gasteiger partial charge in [-0.3, -0.25) is 14.6 Å². The predicted octanol–water partition coefficient (Wildman–Crippen LogP) is 1.31. The molecule has 1 amide bonds. The minimum Gasteiger partial charge on any atom is -0.336 e. The van der Waals surface area contributed by atoms with Gasteiger partial charge in [-0.1, -0.05) is 0 Å². The predicted molar refractivity (Wildman–Crippen MR) is 69.8 cm³/mol. The van der Waals surface area contributed by atoms with E-state index in [4.69, 9.17) is 0 Å². The van der Waals surface area contributed by atoms with Crippen molar-refractivity contribution in [3.63, 3.8) is 0 Å². The van der Waals surface area contributed by atoms with Crippen LogP contribution in [0.3, 0.4) is 0 Å². The van der Waals surface area contributed by atoms with Crippen LogP contribution in [0.4, 0.5) is 0 Å². The molecule has 1 atom stereocenters. The van der Waals surface area contributed by atoms with E-state index in [1.807, 2.05) is 16.5 Å². The van der Waals surface area contributed by atoms with E-state index in [0.717, 1.165) is 24.4 Å². The first kappa shape index (κ1) is 12.0. The first-order chi connectivity index (χ1) is 9.15. The lowest BCUT2D eigenvalue weighted by Gasteiger charge is -2.16. The smallest absolute Gasteiger partial charge is 0.257 e. The van der Waals surface area contributed by atoms with Gasteiger partial charge >= 0.3 is 0 Å². The number of likely N-dealkylation sites (tertiary alicyclic amines) is 1. The third-order valence-corrected chi connectivity index (χ3v) is 3.59. The first-order valence-corrected chi connectivity index (χ1v) is 6.46. The molecule has 3 heterocycles. The zero-order valence-electron chi connectivity index (χ0n) is 11.1. The van der Waals surface area contributed by atoms with Crippen molar-refractivity contribution in [2.24, 2.45) is 0 Å². The van der Waals surface area contributed by atoms with Crippen LogP contribution in [-0.4, -0.2) is 43.9 Å². The van der Waals surface area contributed by atoms with E-state index in [2.05, 4.69) is 28.3 Å². The van der Waals surface area contributed by atoms with E-state index in [9.17, 15) is 4.79 Å². The normalized spacial score (nSPS) is 19.1. The van der Waals surface area contributed by atoms with Crippen molar-refractivity contribution in [1.82, 2.24) is 24.9 Å². The Morgan fingerprint density at radius 3 is 2.95 bits per heavy atom. The number of rotatable bonds is 2. The van der Waals surface area contributed by atoms with Gasteiger partial charge in [-0.15, -0.1) is 0 Å². The third-order valence-electron chi connectivity index (χ3n) is 3.59. The van der Waals surface area contributed by atoms with Gasteiger partial charge < -0.3 is 4.90 Å². The molecule has 6 heteroatoms. The lowest BCUT2D eigenvalue weighted by atomic mass is 10.2. The molecule has 1 fully saturated rings. The van der Waals surface area contributed by atoms with Crippen molar-refractivity contribution in [2.75, 3.05) is 13.1 Å². The minimum absolute atomic E-state index is 0.0396. The van der Waals surface area contributed by atoms with Crippen LogP contribution in [0.25, 0.3) is 0 Å². The van der Waals surface area contributed by atoms with Gasteiger partial charge in [0.05, 0.1) is 23.5 Å². The second kappa shape index (κ2) is 4.53. The second-order valence-corrected chi connectivity index (χ2v) is 5.05. The number of hydrogen-bond acceptors (Lipinski definition) is 3. The summed E-state index contributed by atoms with van der Waals surface area (Å²) >= 11 is 0. The quantitative estimate of drug-likeness (QED) is 0.884. The molecule has 2 aromatic rings. The number of carbonyl (C=O) groups excluding carboxylic acids is 1. The van der Waals surface area contributed by atoms with E-state index < -0.39 is 0 Å². The Kier molecular flexibility index (Phi) is 2.85. The lowest BCUT2D eigenvalue weighted by molar-refractivity contribution is 0.0787. The van der Waals surface area contributed by atoms with Gasteiger partial charge in [-0.25, -0.2) is 0 Å². The maximum absolute atomic E-state index is 12.2. The Balaban J connectivity index is 1.74. The molecule has 0 spiro atoms. The molecule has 0 radical (unpaired) electrons. The molecule has 0 unspecified atom stereocenters. The van der Waals surface area contributed by atoms with Gasteiger partial charge in [0.15, 0.2) is 0 Å². The molecule has 1 N–H and O–H groups in total. The largest absolute Gasteiger partial charge is 0.336 e. The summed E-state index contributed by atoms with van der Waals surface area (Å²) < 4.78 is 2.04. The molecule has 0 bridgehead atoms. The topological polar surface area (TPSA) is 66.8 Å². The van der Waals surface area contributed by atoms with E-state index in [-0.39, 0.29) is 11.9 Å². The fourth-order valence-electron chi connectivity index (χ4n) is 2.69. The number of nitrogens with zero attached hydrogens (tertiary/aromatic N) is 4. The highest BCUT2D eigenvalue weighted by atomic mass is 16.2. The number of aryl methyl sites for hydroxylation is 2. The summed E-state index contributed by atoms with van der Waals surface area (Å²) in [5.74, 6) is 0.0396. The maximum Gasteiger partial charge on any atom is 0.257 e. The lowest BCUT2D eigenvalue weighted by Crippen LogP contribution is -2.29. The van der Waals surface area contributed by atoms with E-state index in [1.165, 1.54) is 0 Å². The average molecular weight is 259 g/mol. The summed E-state index contributed by atoms with van der Waals surface area (Å²) in [4.78, 5) is 14.1. The molecule has 19 heavy (non-hydrogen) atoms. The summed E-state index contributed by atoms with van der Waals surface area (Å²) in [6.07, 6.45) is 4.16. The highest BCUT2D eigenvalue weighted by Crippen LogP contribution is 2.24. The van der Waals surface area contributed by atoms with Crippen molar-refractivity contribution in [3.05, 3.63) is 35.4 Å². The highest BCUT2D eigenvalue weighted by Gasteiger charge is 2.29. The zero-order chi connectivity index (χ0) is 13.4. The molecule has 100 valence electrons. The number of aromatic amines is 1. The van der Waals surface area contributed by atoms with Crippen molar-refractivity contribution in [1.29, 1.82) is 0 Å². The Morgan fingerprint density at radius 1 is 1.47 bits per heavy atom. The van der Waals surface area contributed by atoms with Gasteiger partial charge in [-0.2, -0.15) is 10.2 Å². The molecule has 6 nitrogen and oxygen atoms in total. The average Bonchev–Trinajstić information content (AvgIpc) is 3.08. The van der Waals surface area contributed by atoms with Crippen molar-refractivity contribution in [2.45, 2.75) is 26.3 Å². The second-order valence-electron chi connectivity index (χ2n) is 5.05. The highest BCUT2D eigenvalue weighted by molar-refractivity contribution is 5.93. The third kappa shape index (κ3) is 2.14. The molecule has 0 aliphatic carbocycles. The molecular formula is C13H17N5O. The molecule has 1 aliphatic rings.